The maximum absolute atomic E-state index is 11.9. The third-order valence-corrected chi connectivity index (χ3v) is 4.46. The molecule has 0 aromatic carbocycles. The van der Waals surface area contributed by atoms with E-state index in [1.165, 1.54) is 13.2 Å². The average Bonchev–Trinajstić information content (AvgIpc) is 2.51. The van der Waals surface area contributed by atoms with E-state index in [1.54, 1.807) is 14.0 Å². The van der Waals surface area contributed by atoms with E-state index < -0.39 is 16.6 Å². The van der Waals surface area contributed by atoms with Crippen LogP contribution in [0.4, 0.5) is 0 Å². The largest absolute Gasteiger partial charge is 0.502 e. The predicted octanol–water partition coefficient (Wildman–Crippen LogP) is 2.04. The first-order chi connectivity index (χ1) is 10.4. The maximum atomic E-state index is 11.9. The molecule has 1 aliphatic carbocycles. The second kappa shape index (κ2) is 6.52. The van der Waals surface area contributed by atoms with Gasteiger partial charge in [-0.2, -0.15) is 0 Å². The summed E-state index contributed by atoms with van der Waals surface area (Å²) in [7, 11) is 2.98. The van der Waals surface area contributed by atoms with E-state index in [4.69, 9.17) is 13.9 Å². The number of rotatable bonds is 4. The number of carbonyl (C=O) groups excluding carboxylic acids is 1. The smallest absolute Gasteiger partial charge is 0.306 e. The van der Waals surface area contributed by atoms with Crippen LogP contribution in [0, 0.1) is 6.92 Å². The van der Waals surface area contributed by atoms with Gasteiger partial charge in [0.25, 0.3) is 0 Å². The first-order valence-corrected chi connectivity index (χ1v) is 7.35. The van der Waals surface area contributed by atoms with Crippen LogP contribution < -0.4 is 5.43 Å². The summed E-state index contributed by atoms with van der Waals surface area (Å²) in [5, 5.41) is 10.2. The lowest BCUT2D eigenvalue weighted by Gasteiger charge is -2.38. The highest BCUT2D eigenvalue weighted by atomic mass is 16.5. The van der Waals surface area contributed by atoms with Crippen LogP contribution in [0.2, 0.25) is 0 Å². The summed E-state index contributed by atoms with van der Waals surface area (Å²) >= 11 is 0. The number of hydrogen-bond acceptors (Lipinski definition) is 6. The van der Waals surface area contributed by atoms with Gasteiger partial charge in [0.15, 0.2) is 5.76 Å². The molecule has 1 saturated carbocycles. The molecular weight excluding hydrogens is 288 g/mol. The van der Waals surface area contributed by atoms with Gasteiger partial charge in [0.2, 0.25) is 11.2 Å². The fourth-order valence-corrected chi connectivity index (χ4v) is 3.18. The van der Waals surface area contributed by atoms with Gasteiger partial charge in [0.05, 0.1) is 19.6 Å². The lowest BCUT2D eigenvalue weighted by molar-refractivity contribution is -0.143. The Balaban J connectivity index is 2.45. The Kier molecular flexibility index (Phi) is 4.90. The molecule has 0 radical (unpaired) electrons. The quantitative estimate of drug-likeness (QED) is 0.857. The van der Waals surface area contributed by atoms with Gasteiger partial charge in [-0.05, 0) is 32.6 Å². The summed E-state index contributed by atoms with van der Waals surface area (Å²) in [6.45, 7) is 1.65. The lowest BCUT2D eigenvalue weighted by atomic mass is 9.69. The van der Waals surface area contributed by atoms with Gasteiger partial charge in [0, 0.05) is 18.6 Å². The summed E-state index contributed by atoms with van der Waals surface area (Å²) in [6, 6.07) is 1.24. The molecular formula is C16H22O6. The van der Waals surface area contributed by atoms with Gasteiger partial charge >= 0.3 is 5.97 Å². The van der Waals surface area contributed by atoms with E-state index in [1.807, 2.05) is 0 Å². The molecule has 122 valence electrons. The molecule has 1 fully saturated rings. The highest BCUT2D eigenvalue weighted by Crippen LogP contribution is 2.45. The van der Waals surface area contributed by atoms with Gasteiger partial charge in [-0.25, -0.2) is 0 Å². The van der Waals surface area contributed by atoms with Gasteiger partial charge in [-0.3, -0.25) is 9.59 Å². The number of aromatic hydroxyl groups is 1. The van der Waals surface area contributed by atoms with Crippen molar-refractivity contribution >= 4 is 5.97 Å². The van der Waals surface area contributed by atoms with Crippen molar-refractivity contribution < 1.29 is 23.8 Å². The van der Waals surface area contributed by atoms with Gasteiger partial charge in [0.1, 0.15) is 5.76 Å². The molecule has 1 aromatic rings. The topological polar surface area (TPSA) is 86.0 Å². The Morgan fingerprint density at radius 1 is 1.41 bits per heavy atom. The van der Waals surface area contributed by atoms with E-state index in [-0.39, 0.29) is 24.3 Å². The molecule has 1 aromatic heterocycles. The molecule has 6 heteroatoms. The van der Waals surface area contributed by atoms with Crippen LogP contribution in [0.25, 0.3) is 0 Å². The zero-order chi connectivity index (χ0) is 16.3. The van der Waals surface area contributed by atoms with Crippen LogP contribution in [0.15, 0.2) is 15.3 Å². The fourth-order valence-electron chi connectivity index (χ4n) is 3.18. The molecule has 22 heavy (non-hydrogen) atoms. The number of methoxy groups -OCH3 is 2. The van der Waals surface area contributed by atoms with Crippen molar-refractivity contribution in [2.24, 2.45) is 0 Å². The summed E-state index contributed by atoms with van der Waals surface area (Å²) < 4.78 is 15.8. The monoisotopic (exact) mass is 310 g/mol. The Morgan fingerprint density at radius 2 is 2.05 bits per heavy atom. The van der Waals surface area contributed by atoms with Crippen molar-refractivity contribution in [2.45, 2.75) is 50.5 Å². The van der Waals surface area contributed by atoms with E-state index >= 15 is 0 Å². The van der Waals surface area contributed by atoms with Crippen molar-refractivity contribution in [3.63, 3.8) is 0 Å². The molecule has 1 aliphatic rings. The zero-order valence-corrected chi connectivity index (χ0v) is 13.2. The van der Waals surface area contributed by atoms with Crippen LogP contribution in [-0.2, 0) is 19.7 Å². The van der Waals surface area contributed by atoms with E-state index in [0.29, 0.717) is 18.6 Å². The van der Waals surface area contributed by atoms with Crippen molar-refractivity contribution in [3.8, 4) is 5.75 Å². The molecule has 0 amide bonds. The normalized spacial score (nSPS) is 25.0. The second-order valence-electron chi connectivity index (χ2n) is 5.87. The maximum Gasteiger partial charge on any atom is 0.306 e. The Morgan fingerprint density at radius 3 is 2.59 bits per heavy atom. The molecule has 0 atom stereocenters. The molecule has 0 unspecified atom stereocenters. The predicted molar refractivity (Wildman–Crippen MR) is 79.0 cm³/mol. The standard InChI is InChI=1S/C16H22O6/c1-10-8-12(17)14(19)15(22-10)16(9-13(18)21-3)6-4-11(20-2)5-7-16/h8,11,19H,4-7,9H2,1-3H3. The van der Waals surface area contributed by atoms with Crippen molar-refractivity contribution in [1.29, 1.82) is 0 Å². The number of hydrogen-bond donors (Lipinski definition) is 1. The fraction of sp³-hybridized carbons (Fsp3) is 0.625. The second-order valence-corrected chi connectivity index (χ2v) is 5.87. The van der Waals surface area contributed by atoms with Crippen molar-refractivity contribution in [1.82, 2.24) is 0 Å². The molecule has 0 bridgehead atoms. The first kappa shape index (κ1) is 16.5. The van der Waals surface area contributed by atoms with Crippen LogP contribution in [0.5, 0.6) is 5.75 Å². The number of carbonyl (C=O) groups is 1. The minimum absolute atomic E-state index is 0.0693. The summed E-state index contributed by atoms with van der Waals surface area (Å²) in [4.78, 5) is 23.7. The first-order valence-electron chi connectivity index (χ1n) is 7.35. The van der Waals surface area contributed by atoms with Gasteiger partial charge in [-0.1, -0.05) is 0 Å². The van der Waals surface area contributed by atoms with Crippen molar-refractivity contribution in [2.75, 3.05) is 14.2 Å². The van der Waals surface area contributed by atoms with Crippen LogP contribution in [0.3, 0.4) is 0 Å². The molecule has 0 aliphatic heterocycles. The van der Waals surface area contributed by atoms with Crippen LogP contribution in [0.1, 0.15) is 43.6 Å². The average molecular weight is 310 g/mol. The highest BCUT2D eigenvalue weighted by molar-refractivity contribution is 5.71. The third-order valence-electron chi connectivity index (χ3n) is 4.46. The van der Waals surface area contributed by atoms with E-state index in [2.05, 4.69) is 0 Å². The minimum Gasteiger partial charge on any atom is -0.502 e. The summed E-state index contributed by atoms with van der Waals surface area (Å²) in [5.41, 5.74) is -1.21. The number of aryl methyl sites for hydroxylation is 1. The molecule has 2 rings (SSSR count). The van der Waals surface area contributed by atoms with Crippen LogP contribution in [-0.4, -0.2) is 31.4 Å². The highest BCUT2D eigenvalue weighted by Gasteiger charge is 2.43. The Hall–Kier alpha value is -1.82. The third kappa shape index (κ3) is 3.16. The molecule has 1 N–H and O–H groups in total. The summed E-state index contributed by atoms with van der Waals surface area (Å²) in [6.07, 6.45) is 2.81. The van der Waals surface area contributed by atoms with E-state index in [0.717, 1.165) is 12.8 Å². The van der Waals surface area contributed by atoms with Gasteiger partial charge < -0.3 is 19.0 Å². The molecule has 1 heterocycles. The number of esters is 1. The Bertz CT molecular complexity index is 595. The Labute approximate surface area is 129 Å². The molecule has 0 spiro atoms. The molecule has 0 saturated heterocycles. The van der Waals surface area contributed by atoms with E-state index in [9.17, 15) is 14.7 Å². The minimum atomic E-state index is -0.725. The zero-order valence-electron chi connectivity index (χ0n) is 13.2. The molecule has 6 nitrogen and oxygen atoms in total. The van der Waals surface area contributed by atoms with Crippen LogP contribution >= 0.6 is 0 Å². The van der Waals surface area contributed by atoms with Crippen molar-refractivity contribution in [3.05, 3.63) is 27.8 Å². The summed E-state index contributed by atoms with van der Waals surface area (Å²) in [5.74, 6) is -0.196. The van der Waals surface area contributed by atoms with Gasteiger partial charge in [-0.15, -0.1) is 0 Å². The lowest BCUT2D eigenvalue weighted by Crippen LogP contribution is -2.37. The SMILES string of the molecule is COC(=O)CC1(c2oc(C)cc(=O)c2O)CCC(OC)CC1. The number of ether oxygens (including phenoxy) is 2.